The van der Waals surface area contributed by atoms with Crippen LogP contribution < -0.4 is 0 Å². The minimum Gasteiger partial charge on any atom is -0.416 e. The van der Waals surface area contributed by atoms with Gasteiger partial charge in [0.15, 0.2) is 0 Å². The average Bonchev–Trinajstić information content (AvgIpc) is 1.68. The molecule has 0 aromatic rings. The Morgan fingerprint density at radius 1 is 1.71 bits per heavy atom. The Bertz CT molecular complexity index is 70.1. The summed E-state index contributed by atoms with van der Waals surface area (Å²) in [5.41, 5.74) is -0.535. The van der Waals surface area contributed by atoms with E-state index in [-0.39, 0.29) is 0 Å². The smallest absolute Gasteiger partial charge is 0.150 e. The van der Waals surface area contributed by atoms with Crippen LogP contribution in [0.2, 0.25) is 0 Å². The lowest BCUT2D eigenvalue weighted by atomic mass is 10.2. The molecule has 0 heterocycles. The zero-order valence-electron chi connectivity index (χ0n) is 4.89. The Labute approximate surface area is 46.4 Å². The van der Waals surface area contributed by atoms with Crippen LogP contribution in [0.15, 0.2) is 0 Å². The zero-order valence-corrected chi connectivity index (χ0v) is 6.89. The molecule has 0 aliphatic rings. The van der Waals surface area contributed by atoms with Crippen molar-refractivity contribution in [2.45, 2.75) is 19.4 Å². The quantitative estimate of drug-likeness (QED) is 0.353. The molecule has 0 aliphatic heterocycles. The van der Waals surface area contributed by atoms with Crippen molar-refractivity contribution in [3.05, 3.63) is 0 Å². The van der Waals surface area contributed by atoms with Gasteiger partial charge in [0.25, 0.3) is 0 Å². The third-order valence-electron chi connectivity index (χ3n) is 0.810. The predicted molar refractivity (Wildman–Crippen MR) is 31.2 cm³/mol. The normalized spacial score (nSPS) is 11.7. The fourth-order valence-corrected chi connectivity index (χ4v) is 0.144. The Balaban J connectivity index is 3.58. The van der Waals surface area contributed by atoms with Gasteiger partial charge in [0, 0.05) is 0 Å². The standard InChI is InChI=1S/C4H10O2Si/c1-4(2,3-5)6-7/h3H,1-2,7H3. The summed E-state index contributed by atoms with van der Waals surface area (Å²) in [7, 11) is 0.626. The van der Waals surface area contributed by atoms with Crippen LogP contribution in [0.5, 0.6) is 0 Å². The van der Waals surface area contributed by atoms with E-state index in [1.165, 1.54) is 0 Å². The third-order valence-corrected chi connectivity index (χ3v) is 1.86. The van der Waals surface area contributed by atoms with Gasteiger partial charge in [-0.3, -0.25) is 0 Å². The maximum Gasteiger partial charge on any atom is 0.150 e. The van der Waals surface area contributed by atoms with Gasteiger partial charge in [0.1, 0.15) is 22.4 Å². The molecule has 0 saturated heterocycles. The van der Waals surface area contributed by atoms with E-state index in [1.807, 2.05) is 0 Å². The summed E-state index contributed by atoms with van der Waals surface area (Å²) < 4.78 is 4.86. The Kier molecular flexibility index (Phi) is 2.18. The third kappa shape index (κ3) is 2.53. The van der Waals surface area contributed by atoms with Gasteiger partial charge >= 0.3 is 0 Å². The SMILES string of the molecule is CC(C)(C=O)O[SiH3]. The lowest BCUT2D eigenvalue weighted by Gasteiger charge is -2.13. The lowest BCUT2D eigenvalue weighted by molar-refractivity contribution is -0.118. The summed E-state index contributed by atoms with van der Waals surface area (Å²) in [5.74, 6) is 0. The molecule has 0 spiro atoms. The topological polar surface area (TPSA) is 26.3 Å². The highest BCUT2D eigenvalue weighted by Gasteiger charge is 2.11. The molecule has 0 aliphatic carbocycles. The molecule has 0 rings (SSSR count). The van der Waals surface area contributed by atoms with Crippen LogP contribution in [-0.4, -0.2) is 22.4 Å². The summed E-state index contributed by atoms with van der Waals surface area (Å²) in [6.45, 7) is 3.49. The van der Waals surface area contributed by atoms with Crippen molar-refractivity contribution in [3.63, 3.8) is 0 Å². The molecular formula is C4H10O2Si. The highest BCUT2D eigenvalue weighted by molar-refractivity contribution is 5.99. The summed E-state index contributed by atoms with van der Waals surface area (Å²) in [6.07, 6.45) is 0.806. The summed E-state index contributed by atoms with van der Waals surface area (Å²) >= 11 is 0. The average molecular weight is 118 g/mol. The van der Waals surface area contributed by atoms with Crippen molar-refractivity contribution < 1.29 is 9.22 Å². The van der Waals surface area contributed by atoms with Gasteiger partial charge in [0.2, 0.25) is 0 Å². The molecule has 0 unspecified atom stereocenters. The van der Waals surface area contributed by atoms with Gasteiger partial charge < -0.3 is 9.22 Å². The molecular weight excluding hydrogens is 108 g/mol. The maximum atomic E-state index is 9.95. The molecule has 0 amide bonds. The highest BCUT2D eigenvalue weighted by Crippen LogP contribution is 1.99. The lowest BCUT2D eigenvalue weighted by Crippen LogP contribution is -2.24. The largest absolute Gasteiger partial charge is 0.416 e. The van der Waals surface area contributed by atoms with Crippen LogP contribution in [0.4, 0.5) is 0 Å². The van der Waals surface area contributed by atoms with Crippen molar-refractivity contribution >= 4 is 16.8 Å². The second-order valence-electron chi connectivity index (χ2n) is 1.93. The van der Waals surface area contributed by atoms with E-state index in [2.05, 4.69) is 0 Å². The van der Waals surface area contributed by atoms with Crippen molar-refractivity contribution in [2.75, 3.05) is 0 Å². The van der Waals surface area contributed by atoms with Gasteiger partial charge in [-0.2, -0.15) is 0 Å². The summed E-state index contributed by atoms with van der Waals surface area (Å²) in [6, 6.07) is 0. The van der Waals surface area contributed by atoms with Crippen molar-refractivity contribution in [1.29, 1.82) is 0 Å². The van der Waals surface area contributed by atoms with Crippen LogP contribution in [0.25, 0.3) is 0 Å². The molecule has 0 radical (unpaired) electrons. The number of hydrogen-bond donors (Lipinski definition) is 0. The van der Waals surface area contributed by atoms with E-state index in [4.69, 9.17) is 4.43 Å². The molecule has 2 nitrogen and oxygen atoms in total. The van der Waals surface area contributed by atoms with Crippen LogP contribution in [0.1, 0.15) is 13.8 Å². The number of rotatable bonds is 2. The van der Waals surface area contributed by atoms with E-state index in [0.717, 1.165) is 6.29 Å². The Morgan fingerprint density at radius 3 is 2.14 bits per heavy atom. The van der Waals surface area contributed by atoms with E-state index >= 15 is 0 Å². The molecule has 0 saturated carbocycles. The second kappa shape index (κ2) is 2.23. The van der Waals surface area contributed by atoms with Crippen molar-refractivity contribution in [2.24, 2.45) is 0 Å². The number of aldehydes is 1. The first-order chi connectivity index (χ1) is 3.12. The van der Waals surface area contributed by atoms with E-state index in [9.17, 15) is 4.79 Å². The Morgan fingerprint density at radius 2 is 2.14 bits per heavy atom. The molecule has 0 N–H and O–H groups in total. The molecule has 0 aromatic carbocycles. The summed E-state index contributed by atoms with van der Waals surface area (Å²) in [4.78, 5) is 9.95. The van der Waals surface area contributed by atoms with Gasteiger partial charge in [-0.05, 0) is 13.8 Å². The van der Waals surface area contributed by atoms with Crippen molar-refractivity contribution in [1.82, 2.24) is 0 Å². The first-order valence-electron chi connectivity index (χ1n) is 2.14. The fraction of sp³-hybridized carbons (Fsp3) is 0.750. The number of carbonyl (C=O) groups is 1. The molecule has 0 fully saturated rings. The van der Waals surface area contributed by atoms with Gasteiger partial charge in [-0.15, -0.1) is 0 Å². The molecule has 0 atom stereocenters. The highest BCUT2D eigenvalue weighted by atomic mass is 28.2. The van der Waals surface area contributed by atoms with Gasteiger partial charge in [-0.1, -0.05) is 0 Å². The zero-order chi connectivity index (χ0) is 5.91. The first kappa shape index (κ1) is 6.85. The van der Waals surface area contributed by atoms with E-state index < -0.39 is 5.60 Å². The molecule has 7 heavy (non-hydrogen) atoms. The molecule has 3 heteroatoms. The first-order valence-corrected chi connectivity index (χ1v) is 2.95. The van der Waals surface area contributed by atoms with Gasteiger partial charge in [-0.25, -0.2) is 0 Å². The van der Waals surface area contributed by atoms with Crippen molar-refractivity contribution in [3.8, 4) is 0 Å². The Hall–Kier alpha value is -0.153. The molecule has 0 aromatic heterocycles. The maximum absolute atomic E-state index is 9.95. The van der Waals surface area contributed by atoms with Gasteiger partial charge in [0.05, 0.1) is 0 Å². The second-order valence-corrected chi connectivity index (χ2v) is 2.33. The molecule has 0 bridgehead atoms. The predicted octanol–water partition coefficient (Wildman–Crippen LogP) is -0.739. The minimum absolute atomic E-state index is 0.535. The summed E-state index contributed by atoms with van der Waals surface area (Å²) in [5, 5.41) is 0. The minimum atomic E-state index is -0.535. The number of carbonyl (C=O) groups excluding carboxylic acids is 1. The van der Waals surface area contributed by atoms with E-state index in [0.29, 0.717) is 10.5 Å². The van der Waals surface area contributed by atoms with Crippen LogP contribution >= 0.6 is 0 Å². The monoisotopic (exact) mass is 118 g/mol. The fourth-order valence-electron chi connectivity index (χ4n) is 0.0481. The van der Waals surface area contributed by atoms with E-state index in [1.54, 1.807) is 13.8 Å². The number of hydrogen-bond acceptors (Lipinski definition) is 2. The van der Waals surface area contributed by atoms with Crippen LogP contribution in [-0.2, 0) is 9.22 Å². The van der Waals surface area contributed by atoms with Crippen LogP contribution in [0.3, 0.4) is 0 Å². The van der Waals surface area contributed by atoms with Crippen LogP contribution in [0, 0.1) is 0 Å². The molecule has 42 valence electrons.